The number of carbonyl (C=O) groups excluding carboxylic acids is 3. The molecule has 5 aromatic rings. The summed E-state index contributed by atoms with van der Waals surface area (Å²) in [5, 5.41) is 0. The summed E-state index contributed by atoms with van der Waals surface area (Å²) in [6, 6.07) is 40.5. The molecule has 0 radical (unpaired) electrons. The monoisotopic (exact) mass is 751 g/mol. The van der Waals surface area contributed by atoms with Crippen molar-refractivity contribution < 1.29 is 14.4 Å². The largest absolute Gasteiger partial charge is 0.338 e. The number of carbonyl (C=O) groups is 3. The van der Waals surface area contributed by atoms with E-state index < -0.39 is 0 Å². The molecule has 0 spiro atoms. The molecule has 3 heterocycles. The van der Waals surface area contributed by atoms with Gasteiger partial charge in [0, 0.05) is 42.0 Å². The second kappa shape index (κ2) is 15.2. The van der Waals surface area contributed by atoms with Crippen LogP contribution in [-0.4, -0.2) is 47.0 Å². The van der Waals surface area contributed by atoms with Gasteiger partial charge in [0.25, 0.3) is 11.8 Å². The van der Waals surface area contributed by atoms with Gasteiger partial charge in [-0.15, -0.1) is 0 Å². The Morgan fingerprint density at radius 1 is 0.596 bits per heavy atom. The summed E-state index contributed by atoms with van der Waals surface area (Å²) in [6.07, 6.45) is 8.05. The van der Waals surface area contributed by atoms with Crippen LogP contribution in [0.25, 0.3) is 33.6 Å². The lowest BCUT2D eigenvalue weighted by Crippen LogP contribution is -2.31. The fourth-order valence-electron chi connectivity index (χ4n) is 9.53. The molecule has 0 bridgehead atoms. The molecule has 9 rings (SSSR count). The van der Waals surface area contributed by atoms with E-state index in [2.05, 4.69) is 92.4 Å². The number of rotatable bonds is 12. The third-order valence-corrected chi connectivity index (χ3v) is 12.5. The molecule has 5 aromatic carbocycles. The van der Waals surface area contributed by atoms with Crippen molar-refractivity contribution in [3.8, 4) is 22.3 Å². The number of hydrogen-bond acceptors (Lipinski definition) is 4. The Morgan fingerprint density at radius 3 is 1.61 bits per heavy atom. The Bertz CT molecular complexity index is 2420. The summed E-state index contributed by atoms with van der Waals surface area (Å²) in [5.41, 5.74) is 14.4. The van der Waals surface area contributed by atoms with Crippen molar-refractivity contribution in [2.45, 2.75) is 77.7 Å². The maximum absolute atomic E-state index is 14.6. The average Bonchev–Trinajstić information content (AvgIpc) is 3.99. The lowest BCUT2D eigenvalue weighted by Gasteiger charge is -2.27. The number of amides is 2. The van der Waals surface area contributed by atoms with Crippen molar-refractivity contribution in [2.75, 3.05) is 18.0 Å². The minimum atomic E-state index is -0.101. The molecule has 286 valence electrons. The van der Waals surface area contributed by atoms with E-state index in [-0.39, 0.29) is 11.8 Å². The van der Waals surface area contributed by atoms with Crippen LogP contribution in [0, 0.1) is 6.92 Å². The van der Waals surface area contributed by atoms with Crippen LogP contribution in [0.2, 0.25) is 0 Å². The molecule has 57 heavy (non-hydrogen) atoms. The topological polar surface area (TPSA) is 60.9 Å². The first-order valence-corrected chi connectivity index (χ1v) is 20.8. The van der Waals surface area contributed by atoms with Crippen molar-refractivity contribution in [1.29, 1.82) is 0 Å². The van der Waals surface area contributed by atoms with E-state index in [9.17, 15) is 14.4 Å². The molecular formula is C51H49N3O3. The predicted octanol–water partition coefficient (Wildman–Crippen LogP) is 11.3. The van der Waals surface area contributed by atoms with Crippen molar-refractivity contribution in [1.82, 2.24) is 9.80 Å². The molecule has 1 aliphatic carbocycles. The molecule has 0 saturated heterocycles. The van der Waals surface area contributed by atoms with Crippen LogP contribution in [-0.2, 0) is 9.59 Å². The van der Waals surface area contributed by atoms with Gasteiger partial charge < -0.3 is 14.7 Å². The molecule has 1 fully saturated rings. The fourth-order valence-corrected chi connectivity index (χ4v) is 9.53. The Hall–Kier alpha value is -6.01. The summed E-state index contributed by atoms with van der Waals surface area (Å²) in [4.78, 5) is 46.7. The van der Waals surface area contributed by atoms with E-state index in [0.29, 0.717) is 47.5 Å². The number of fused-ring (bicyclic) bond motifs is 4. The highest BCUT2D eigenvalue weighted by atomic mass is 16.2. The molecule has 2 amide bonds. The molecule has 2 atom stereocenters. The number of benzene rings is 5. The van der Waals surface area contributed by atoms with E-state index in [4.69, 9.17) is 0 Å². The molecule has 0 aromatic heterocycles. The minimum absolute atomic E-state index is 0.101. The number of aldehydes is 1. The van der Waals surface area contributed by atoms with Crippen molar-refractivity contribution >= 4 is 40.9 Å². The maximum atomic E-state index is 14.6. The number of hydrogen-bond donors (Lipinski definition) is 0. The van der Waals surface area contributed by atoms with Crippen molar-refractivity contribution in [3.05, 3.63) is 154 Å². The highest BCUT2D eigenvalue weighted by Gasteiger charge is 2.48. The number of unbranched alkanes of at least 4 members (excludes halogenated alkanes) is 2. The molecule has 4 aliphatic rings. The Balaban J connectivity index is 1.09. The summed E-state index contributed by atoms with van der Waals surface area (Å²) < 4.78 is 0. The summed E-state index contributed by atoms with van der Waals surface area (Å²) >= 11 is 0. The van der Waals surface area contributed by atoms with Gasteiger partial charge in [-0.2, -0.15) is 0 Å². The van der Waals surface area contributed by atoms with Gasteiger partial charge in [0.2, 0.25) is 0 Å². The van der Waals surface area contributed by atoms with E-state index in [1.807, 2.05) is 58.3 Å². The normalized spacial score (nSPS) is 18.5. The smallest absolute Gasteiger partial charge is 0.261 e. The van der Waals surface area contributed by atoms with Gasteiger partial charge in [0.05, 0.1) is 22.5 Å². The SMILES string of the molecule is CCCCN1C(=O)C2=C(c3ccc(-c4ccc5c(c4)C4CCCC4N5c4ccc(C)cc4)cc3)N(CCCC)C(=O)C2=C1c1ccc(-c2ccc(C=O)cc2)cc1. The first-order chi connectivity index (χ1) is 27.9. The molecule has 2 unspecified atom stereocenters. The average molecular weight is 752 g/mol. The van der Waals surface area contributed by atoms with E-state index in [1.54, 1.807) is 0 Å². The second-order valence-corrected chi connectivity index (χ2v) is 16.0. The number of anilines is 2. The third kappa shape index (κ3) is 6.32. The molecular weight excluding hydrogens is 703 g/mol. The Kier molecular flexibility index (Phi) is 9.73. The van der Waals surface area contributed by atoms with Crippen molar-refractivity contribution in [3.63, 3.8) is 0 Å². The van der Waals surface area contributed by atoms with Crippen LogP contribution >= 0.6 is 0 Å². The summed E-state index contributed by atoms with van der Waals surface area (Å²) in [6.45, 7) is 7.49. The van der Waals surface area contributed by atoms with Crippen molar-refractivity contribution in [2.24, 2.45) is 0 Å². The number of aryl methyl sites for hydroxylation is 1. The lowest BCUT2D eigenvalue weighted by molar-refractivity contribution is -0.124. The van der Waals surface area contributed by atoms with Gasteiger partial charge in [0.1, 0.15) is 6.29 Å². The number of nitrogens with zero attached hydrogens (tertiary/aromatic N) is 3. The zero-order valence-corrected chi connectivity index (χ0v) is 33.1. The van der Waals surface area contributed by atoms with Crippen LogP contribution < -0.4 is 4.90 Å². The van der Waals surface area contributed by atoms with Gasteiger partial charge in [0.15, 0.2) is 0 Å². The third-order valence-electron chi connectivity index (χ3n) is 12.5. The lowest BCUT2D eigenvalue weighted by atomic mass is 9.93. The van der Waals surface area contributed by atoms with E-state index in [1.165, 1.54) is 47.3 Å². The fraction of sp³-hybridized carbons (Fsp3) is 0.275. The second-order valence-electron chi connectivity index (χ2n) is 16.0. The van der Waals surface area contributed by atoms with E-state index >= 15 is 0 Å². The Labute approximate surface area is 336 Å². The van der Waals surface area contributed by atoms with Gasteiger partial charge in [-0.05, 0) is 95.8 Å². The van der Waals surface area contributed by atoms with E-state index in [0.717, 1.165) is 65.5 Å². The van der Waals surface area contributed by atoms with Gasteiger partial charge in [-0.3, -0.25) is 14.4 Å². The Morgan fingerprint density at radius 2 is 1.09 bits per heavy atom. The highest BCUT2D eigenvalue weighted by Crippen LogP contribution is 2.53. The molecule has 6 heteroatoms. The van der Waals surface area contributed by atoms with Crippen LogP contribution in [0.15, 0.2) is 126 Å². The minimum Gasteiger partial charge on any atom is -0.338 e. The zero-order valence-electron chi connectivity index (χ0n) is 33.1. The van der Waals surface area contributed by atoms with Crippen LogP contribution in [0.5, 0.6) is 0 Å². The van der Waals surface area contributed by atoms with Gasteiger partial charge >= 0.3 is 0 Å². The molecule has 0 N–H and O–H groups in total. The summed E-state index contributed by atoms with van der Waals surface area (Å²) in [7, 11) is 0. The predicted molar refractivity (Wildman–Crippen MR) is 230 cm³/mol. The molecule has 1 saturated carbocycles. The standard InChI is InChI=1S/C51H49N3O3/c1-4-6-29-52-48(38-21-17-36(18-22-38)35-15-13-34(32-55)14-16-35)46-47(51(52)57)49(53(50(46)56)30-7-5-2)39-23-19-37(20-24-39)40-25-28-45-43(31-40)42-9-8-10-44(42)54(45)41-26-11-33(3)12-27-41/h11-28,31-32,42,44H,4-10,29-30H2,1-3H3. The van der Waals surface area contributed by atoms with Gasteiger partial charge in [-0.1, -0.05) is 130 Å². The quantitative estimate of drug-likeness (QED) is 0.119. The highest BCUT2D eigenvalue weighted by molar-refractivity contribution is 6.30. The maximum Gasteiger partial charge on any atom is 0.261 e. The van der Waals surface area contributed by atoms with Crippen LogP contribution in [0.1, 0.15) is 97.3 Å². The summed E-state index contributed by atoms with van der Waals surface area (Å²) in [5.74, 6) is 0.325. The zero-order chi connectivity index (χ0) is 39.2. The van der Waals surface area contributed by atoms with Crippen LogP contribution in [0.4, 0.5) is 11.4 Å². The first kappa shape index (κ1) is 36.6. The molecule has 3 aliphatic heterocycles. The first-order valence-electron chi connectivity index (χ1n) is 20.8. The van der Waals surface area contributed by atoms with Crippen LogP contribution in [0.3, 0.4) is 0 Å². The van der Waals surface area contributed by atoms with Gasteiger partial charge in [-0.25, -0.2) is 0 Å². The molecule has 6 nitrogen and oxygen atoms in total.